The van der Waals surface area contributed by atoms with Gasteiger partial charge in [-0.2, -0.15) is 0 Å². The summed E-state index contributed by atoms with van der Waals surface area (Å²) in [6, 6.07) is 5.62. The summed E-state index contributed by atoms with van der Waals surface area (Å²) in [5, 5.41) is 0.615. The Morgan fingerprint density at radius 3 is 2.77 bits per heavy atom. The van der Waals surface area contributed by atoms with Crippen molar-refractivity contribution in [3.8, 4) is 5.75 Å². The molecular formula is C10H14ClNO. The van der Waals surface area contributed by atoms with Crippen LogP contribution < -0.4 is 10.5 Å². The van der Waals surface area contributed by atoms with Gasteiger partial charge in [0.15, 0.2) is 0 Å². The Hall–Kier alpha value is -0.730. The highest BCUT2D eigenvalue weighted by Crippen LogP contribution is 2.32. The molecule has 0 spiro atoms. The van der Waals surface area contributed by atoms with Gasteiger partial charge in [-0.3, -0.25) is 0 Å². The minimum atomic E-state index is -0.00588. The molecule has 0 amide bonds. The molecule has 1 unspecified atom stereocenters. The van der Waals surface area contributed by atoms with Crippen LogP contribution in [0.1, 0.15) is 24.9 Å². The Labute approximate surface area is 83.6 Å². The summed E-state index contributed by atoms with van der Waals surface area (Å²) in [5.74, 6) is 0.693. The third-order valence-corrected chi connectivity index (χ3v) is 2.34. The first-order valence-electron chi connectivity index (χ1n) is 4.28. The first-order valence-corrected chi connectivity index (χ1v) is 4.66. The van der Waals surface area contributed by atoms with E-state index in [0.29, 0.717) is 10.8 Å². The molecule has 0 heterocycles. The van der Waals surface area contributed by atoms with Gasteiger partial charge in [-0.05, 0) is 12.5 Å². The SMILES string of the molecule is CCC(N)c1cccc(Cl)c1OC. The van der Waals surface area contributed by atoms with Crippen molar-refractivity contribution in [2.24, 2.45) is 5.73 Å². The Bertz CT molecular complexity index is 288. The standard InChI is InChI=1S/C10H14ClNO/c1-3-9(12)7-5-4-6-8(11)10(7)13-2/h4-6,9H,3,12H2,1-2H3. The smallest absolute Gasteiger partial charge is 0.142 e. The van der Waals surface area contributed by atoms with Crippen LogP contribution in [0.15, 0.2) is 18.2 Å². The number of hydrogen-bond donors (Lipinski definition) is 1. The lowest BCUT2D eigenvalue weighted by Gasteiger charge is -2.14. The molecule has 2 nitrogen and oxygen atoms in total. The fourth-order valence-electron chi connectivity index (χ4n) is 1.25. The van der Waals surface area contributed by atoms with Gasteiger partial charge < -0.3 is 10.5 Å². The van der Waals surface area contributed by atoms with E-state index in [9.17, 15) is 0 Å². The minimum Gasteiger partial charge on any atom is -0.495 e. The second-order valence-corrected chi connectivity index (χ2v) is 3.28. The first-order chi connectivity index (χ1) is 6.20. The zero-order valence-corrected chi connectivity index (χ0v) is 8.64. The topological polar surface area (TPSA) is 35.2 Å². The monoisotopic (exact) mass is 199 g/mol. The normalized spacial score (nSPS) is 12.6. The molecule has 72 valence electrons. The molecule has 0 aliphatic heterocycles. The van der Waals surface area contributed by atoms with Crippen LogP contribution in [0.5, 0.6) is 5.75 Å². The third kappa shape index (κ3) is 2.14. The van der Waals surface area contributed by atoms with Crippen LogP contribution in [0.25, 0.3) is 0 Å². The predicted octanol–water partition coefficient (Wildman–Crippen LogP) is 2.76. The van der Waals surface area contributed by atoms with Gasteiger partial charge in [0, 0.05) is 11.6 Å². The summed E-state index contributed by atoms with van der Waals surface area (Å²) in [6.07, 6.45) is 0.872. The lowest BCUT2D eigenvalue weighted by molar-refractivity contribution is 0.405. The molecule has 0 fully saturated rings. The molecule has 0 aliphatic rings. The number of rotatable bonds is 3. The molecule has 0 aromatic heterocycles. The second-order valence-electron chi connectivity index (χ2n) is 2.88. The van der Waals surface area contributed by atoms with Crippen molar-refractivity contribution in [3.05, 3.63) is 28.8 Å². The van der Waals surface area contributed by atoms with Crippen molar-refractivity contribution in [2.45, 2.75) is 19.4 Å². The zero-order chi connectivity index (χ0) is 9.84. The van der Waals surface area contributed by atoms with Crippen molar-refractivity contribution >= 4 is 11.6 Å². The average molecular weight is 200 g/mol. The Morgan fingerprint density at radius 1 is 1.54 bits per heavy atom. The molecule has 3 heteroatoms. The van der Waals surface area contributed by atoms with E-state index in [2.05, 4.69) is 0 Å². The Kier molecular flexibility index (Phi) is 3.58. The number of halogens is 1. The van der Waals surface area contributed by atoms with Crippen LogP contribution >= 0.6 is 11.6 Å². The average Bonchev–Trinajstić information content (AvgIpc) is 2.16. The molecule has 0 saturated heterocycles. The predicted molar refractivity (Wildman–Crippen MR) is 55.2 cm³/mol. The van der Waals surface area contributed by atoms with Crippen LogP contribution in [0, 0.1) is 0 Å². The second kappa shape index (κ2) is 4.49. The van der Waals surface area contributed by atoms with E-state index < -0.39 is 0 Å². The molecule has 0 radical (unpaired) electrons. The molecule has 2 N–H and O–H groups in total. The highest BCUT2D eigenvalue weighted by atomic mass is 35.5. The molecule has 0 bridgehead atoms. The highest BCUT2D eigenvalue weighted by molar-refractivity contribution is 6.32. The van der Waals surface area contributed by atoms with Crippen molar-refractivity contribution in [1.82, 2.24) is 0 Å². The van der Waals surface area contributed by atoms with Gasteiger partial charge in [0.2, 0.25) is 0 Å². The number of benzene rings is 1. The molecule has 1 atom stereocenters. The van der Waals surface area contributed by atoms with E-state index in [4.69, 9.17) is 22.1 Å². The summed E-state index contributed by atoms with van der Waals surface area (Å²) in [4.78, 5) is 0. The van der Waals surface area contributed by atoms with E-state index >= 15 is 0 Å². The fraction of sp³-hybridized carbons (Fsp3) is 0.400. The largest absolute Gasteiger partial charge is 0.495 e. The van der Waals surface area contributed by atoms with E-state index in [1.807, 2.05) is 19.1 Å². The Balaban J connectivity index is 3.12. The lowest BCUT2D eigenvalue weighted by Crippen LogP contribution is -2.10. The van der Waals surface area contributed by atoms with Gasteiger partial charge in [-0.25, -0.2) is 0 Å². The summed E-state index contributed by atoms with van der Waals surface area (Å²) >= 11 is 5.95. The summed E-state index contributed by atoms with van der Waals surface area (Å²) in [5.41, 5.74) is 6.87. The molecule has 1 aromatic rings. The van der Waals surface area contributed by atoms with Gasteiger partial charge in [-0.15, -0.1) is 0 Å². The molecule has 13 heavy (non-hydrogen) atoms. The van der Waals surface area contributed by atoms with Gasteiger partial charge in [-0.1, -0.05) is 30.7 Å². The molecule has 1 rings (SSSR count). The molecular weight excluding hydrogens is 186 g/mol. The van der Waals surface area contributed by atoms with Gasteiger partial charge in [0.1, 0.15) is 5.75 Å². The van der Waals surface area contributed by atoms with Gasteiger partial charge in [0.05, 0.1) is 12.1 Å². The van der Waals surface area contributed by atoms with Crippen LogP contribution in [0.4, 0.5) is 0 Å². The van der Waals surface area contributed by atoms with E-state index in [0.717, 1.165) is 12.0 Å². The number of ether oxygens (including phenoxy) is 1. The van der Waals surface area contributed by atoms with Crippen molar-refractivity contribution < 1.29 is 4.74 Å². The van der Waals surface area contributed by atoms with Crippen LogP contribution in [-0.2, 0) is 0 Å². The number of nitrogens with two attached hydrogens (primary N) is 1. The van der Waals surface area contributed by atoms with Crippen LogP contribution in [0.3, 0.4) is 0 Å². The van der Waals surface area contributed by atoms with Gasteiger partial charge >= 0.3 is 0 Å². The highest BCUT2D eigenvalue weighted by Gasteiger charge is 2.12. The maximum atomic E-state index is 5.95. The van der Waals surface area contributed by atoms with E-state index in [1.165, 1.54) is 0 Å². The van der Waals surface area contributed by atoms with Crippen LogP contribution in [0.2, 0.25) is 5.02 Å². The van der Waals surface area contributed by atoms with E-state index in [1.54, 1.807) is 13.2 Å². The molecule has 1 aromatic carbocycles. The Morgan fingerprint density at radius 2 is 2.23 bits per heavy atom. The van der Waals surface area contributed by atoms with Crippen molar-refractivity contribution in [1.29, 1.82) is 0 Å². The van der Waals surface area contributed by atoms with Gasteiger partial charge in [0.25, 0.3) is 0 Å². The van der Waals surface area contributed by atoms with Crippen molar-refractivity contribution in [2.75, 3.05) is 7.11 Å². The minimum absolute atomic E-state index is 0.00588. The summed E-state index contributed by atoms with van der Waals surface area (Å²) in [6.45, 7) is 2.03. The maximum Gasteiger partial charge on any atom is 0.142 e. The number of hydrogen-bond acceptors (Lipinski definition) is 2. The van der Waals surface area contributed by atoms with E-state index in [-0.39, 0.29) is 6.04 Å². The quantitative estimate of drug-likeness (QED) is 0.813. The number of methoxy groups -OCH3 is 1. The summed E-state index contributed by atoms with van der Waals surface area (Å²) < 4.78 is 5.19. The first kappa shape index (κ1) is 10.4. The lowest BCUT2D eigenvalue weighted by atomic mass is 10.0. The molecule has 0 saturated carbocycles. The maximum absolute atomic E-state index is 5.95. The molecule has 0 aliphatic carbocycles. The van der Waals surface area contributed by atoms with Crippen LogP contribution in [-0.4, -0.2) is 7.11 Å². The summed E-state index contributed by atoms with van der Waals surface area (Å²) in [7, 11) is 1.60. The zero-order valence-electron chi connectivity index (χ0n) is 7.88. The fourth-order valence-corrected chi connectivity index (χ4v) is 1.51. The van der Waals surface area contributed by atoms with Crippen molar-refractivity contribution in [3.63, 3.8) is 0 Å². The number of para-hydroxylation sites is 1. The third-order valence-electron chi connectivity index (χ3n) is 2.04.